The van der Waals surface area contributed by atoms with Gasteiger partial charge in [0.25, 0.3) is 0 Å². The van der Waals surface area contributed by atoms with Crippen LogP contribution in [0.4, 0.5) is 13.2 Å². The number of benzene rings is 1. The third kappa shape index (κ3) is 4.04. The van der Waals surface area contributed by atoms with Crippen molar-refractivity contribution in [1.29, 1.82) is 0 Å². The fourth-order valence-corrected chi connectivity index (χ4v) is 4.05. The minimum atomic E-state index is -4.57. The van der Waals surface area contributed by atoms with E-state index in [2.05, 4.69) is 4.98 Å². The molecule has 1 aromatic heterocycles. The second-order valence-corrected chi connectivity index (χ2v) is 7.74. The van der Waals surface area contributed by atoms with Gasteiger partial charge in [0, 0.05) is 17.3 Å². The SMILES string of the molecule is CCC1CCC(C(=O)O)(C(=O)c2cnc(O)c(-c3cccc(C(F)(F)F)c3)c2)CC1. The van der Waals surface area contributed by atoms with Gasteiger partial charge in [0.2, 0.25) is 5.88 Å². The summed E-state index contributed by atoms with van der Waals surface area (Å²) in [5.74, 6) is -2.02. The molecule has 3 rings (SSSR count). The molecule has 1 aliphatic rings. The molecule has 0 amide bonds. The molecule has 0 unspecified atom stereocenters. The van der Waals surface area contributed by atoms with Gasteiger partial charge in [-0.25, -0.2) is 4.98 Å². The Bertz CT molecular complexity index is 963. The number of hydrogen-bond donors (Lipinski definition) is 2. The standard InChI is InChI=1S/C22H22F3NO4/c1-2-13-6-8-21(9-7-13,20(29)30)18(27)15-11-17(19(28)26-12-15)14-4-3-5-16(10-14)22(23,24)25/h3-5,10-13H,2,6-9H2,1H3,(H,26,28)(H,29,30). The number of nitrogens with zero attached hydrogens (tertiary/aromatic N) is 1. The number of halogens is 3. The Balaban J connectivity index is 2.01. The molecule has 1 aromatic carbocycles. The van der Waals surface area contributed by atoms with Crippen LogP contribution in [0.5, 0.6) is 5.88 Å². The maximum absolute atomic E-state index is 13.2. The highest BCUT2D eigenvalue weighted by Gasteiger charge is 2.48. The minimum absolute atomic E-state index is 0.0311. The Hall–Kier alpha value is -2.90. The zero-order chi connectivity index (χ0) is 22.1. The molecule has 1 saturated carbocycles. The summed E-state index contributed by atoms with van der Waals surface area (Å²) in [7, 11) is 0. The molecular weight excluding hydrogens is 399 g/mol. The lowest BCUT2D eigenvalue weighted by Crippen LogP contribution is -2.42. The molecular formula is C22H22F3NO4. The Morgan fingerprint density at radius 1 is 1.20 bits per heavy atom. The van der Waals surface area contributed by atoms with Gasteiger partial charge in [-0.2, -0.15) is 13.2 Å². The monoisotopic (exact) mass is 421 g/mol. The van der Waals surface area contributed by atoms with E-state index in [9.17, 15) is 33.0 Å². The first kappa shape index (κ1) is 21.8. The van der Waals surface area contributed by atoms with Gasteiger partial charge in [0.05, 0.1) is 5.56 Å². The number of Topliss-reactive ketones (excluding diaryl/α,β-unsaturated/α-hetero) is 1. The van der Waals surface area contributed by atoms with Crippen molar-refractivity contribution >= 4 is 11.8 Å². The molecule has 0 bridgehead atoms. The predicted molar refractivity (Wildman–Crippen MR) is 103 cm³/mol. The number of aromatic nitrogens is 1. The highest BCUT2D eigenvalue weighted by atomic mass is 19.4. The zero-order valence-electron chi connectivity index (χ0n) is 16.4. The van der Waals surface area contributed by atoms with Gasteiger partial charge in [0.15, 0.2) is 5.78 Å². The van der Waals surface area contributed by atoms with E-state index in [4.69, 9.17) is 0 Å². The number of hydrogen-bond acceptors (Lipinski definition) is 4. The van der Waals surface area contributed by atoms with Gasteiger partial charge in [0.1, 0.15) is 5.41 Å². The van der Waals surface area contributed by atoms with E-state index in [0.29, 0.717) is 18.8 Å². The minimum Gasteiger partial charge on any atom is -0.493 e. The zero-order valence-corrected chi connectivity index (χ0v) is 16.4. The van der Waals surface area contributed by atoms with Crippen molar-refractivity contribution in [2.75, 3.05) is 0 Å². The summed E-state index contributed by atoms with van der Waals surface area (Å²) < 4.78 is 39.1. The van der Waals surface area contributed by atoms with E-state index in [-0.39, 0.29) is 29.5 Å². The second-order valence-electron chi connectivity index (χ2n) is 7.74. The van der Waals surface area contributed by atoms with Crippen molar-refractivity contribution in [3.8, 4) is 17.0 Å². The van der Waals surface area contributed by atoms with Crippen LogP contribution in [0.1, 0.15) is 54.9 Å². The third-order valence-corrected chi connectivity index (χ3v) is 6.01. The van der Waals surface area contributed by atoms with Crippen LogP contribution in [-0.4, -0.2) is 26.9 Å². The van der Waals surface area contributed by atoms with Gasteiger partial charge in [-0.05, 0) is 55.4 Å². The number of carboxylic acid groups (broad SMARTS) is 1. The molecule has 0 radical (unpaired) electrons. The predicted octanol–water partition coefficient (Wildman–Crippen LogP) is 5.33. The Morgan fingerprint density at radius 3 is 2.43 bits per heavy atom. The molecule has 0 spiro atoms. The van der Waals surface area contributed by atoms with Gasteiger partial charge in [-0.3, -0.25) is 9.59 Å². The molecule has 30 heavy (non-hydrogen) atoms. The van der Waals surface area contributed by atoms with Crippen LogP contribution in [0.3, 0.4) is 0 Å². The number of aliphatic carboxylic acids is 1. The summed E-state index contributed by atoms with van der Waals surface area (Å²) in [4.78, 5) is 29.0. The molecule has 0 aliphatic heterocycles. The summed E-state index contributed by atoms with van der Waals surface area (Å²) in [5.41, 5.74) is -2.57. The van der Waals surface area contributed by atoms with E-state index in [1.807, 2.05) is 6.92 Å². The number of rotatable bonds is 5. The van der Waals surface area contributed by atoms with Crippen molar-refractivity contribution in [3.63, 3.8) is 0 Å². The second kappa shape index (κ2) is 8.08. The summed E-state index contributed by atoms with van der Waals surface area (Å²) in [6.07, 6.45) is -0.979. The van der Waals surface area contributed by atoms with Crippen LogP contribution in [0.15, 0.2) is 36.5 Å². The van der Waals surface area contributed by atoms with Crippen molar-refractivity contribution in [1.82, 2.24) is 4.98 Å². The first-order chi connectivity index (χ1) is 14.1. The molecule has 2 N–H and O–H groups in total. The van der Waals surface area contributed by atoms with Gasteiger partial charge < -0.3 is 10.2 Å². The quantitative estimate of drug-likeness (QED) is 0.504. The van der Waals surface area contributed by atoms with Crippen LogP contribution in [-0.2, 0) is 11.0 Å². The van der Waals surface area contributed by atoms with Crippen LogP contribution >= 0.6 is 0 Å². The number of carbonyl (C=O) groups excluding carboxylic acids is 1. The number of aromatic hydroxyl groups is 1. The molecule has 160 valence electrons. The van der Waals surface area contributed by atoms with Crippen molar-refractivity contribution in [2.24, 2.45) is 11.3 Å². The summed E-state index contributed by atoms with van der Waals surface area (Å²) in [6, 6.07) is 5.52. The van der Waals surface area contributed by atoms with Crippen LogP contribution in [0.25, 0.3) is 11.1 Å². The van der Waals surface area contributed by atoms with Gasteiger partial charge in [-0.15, -0.1) is 0 Å². The highest BCUT2D eigenvalue weighted by Crippen LogP contribution is 2.43. The number of ketones is 1. The smallest absolute Gasteiger partial charge is 0.416 e. The lowest BCUT2D eigenvalue weighted by Gasteiger charge is -2.35. The van der Waals surface area contributed by atoms with E-state index in [1.165, 1.54) is 18.2 Å². The highest BCUT2D eigenvalue weighted by molar-refractivity contribution is 6.12. The average molecular weight is 421 g/mol. The molecule has 8 heteroatoms. The number of alkyl halides is 3. The maximum atomic E-state index is 13.2. The summed E-state index contributed by atoms with van der Waals surface area (Å²) in [5, 5.41) is 19.9. The topological polar surface area (TPSA) is 87.5 Å². The van der Waals surface area contributed by atoms with Gasteiger partial charge in [-0.1, -0.05) is 25.5 Å². The number of pyridine rings is 1. The Kier molecular flexibility index (Phi) is 5.87. The Morgan fingerprint density at radius 2 is 1.87 bits per heavy atom. The Labute approximate surface area is 171 Å². The number of carboxylic acids is 1. The van der Waals surface area contributed by atoms with Crippen LogP contribution in [0, 0.1) is 11.3 Å². The van der Waals surface area contributed by atoms with E-state index >= 15 is 0 Å². The average Bonchev–Trinajstić information content (AvgIpc) is 2.73. The van der Waals surface area contributed by atoms with Crippen molar-refractivity contribution < 1.29 is 33.0 Å². The molecule has 1 fully saturated rings. The van der Waals surface area contributed by atoms with Crippen LogP contribution < -0.4 is 0 Å². The lowest BCUT2D eigenvalue weighted by molar-refractivity contribution is -0.148. The first-order valence-corrected chi connectivity index (χ1v) is 9.73. The largest absolute Gasteiger partial charge is 0.493 e. The lowest BCUT2D eigenvalue weighted by atomic mass is 9.66. The summed E-state index contributed by atoms with van der Waals surface area (Å²) >= 11 is 0. The normalized spacial score (nSPS) is 21.9. The maximum Gasteiger partial charge on any atom is 0.416 e. The number of carbonyl (C=O) groups is 2. The molecule has 2 aromatic rings. The summed E-state index contributed by atoms with van der Waals surface area (Å²) in [6.45, 7) is 2.02. The van der Waals surface area contributed by atoms with E-state index in [0.717, 1.165) is 24.8 Å². The third-order valence-electron chi connectivity index (χ3n) is 6.01. The molecule has 0 saturated heterocycles. The van der Waals surface area contributed by atoms with E-state index < -0.39 is 34.8 Å². The molecule has 1 heterocycles. The van der Waals surface area contributed by atoms with Crippen molar-refractivity contribution in [3.05, 3.63) is 47.7 Å². The molecule has 0 atom stereocenters. The fraction of sp³-hybridized carbons (Fsp3) is 0.409. The van der Waals surface area contributed by atoms with Gasteiger partial charge >= 0.3 is 12.1 Å². The fourth-order valence-electron chi connectivity index (χ4n) is 4.05. The molecule has 1 aliphatic carbocycles. The first-order valence-electron chi connectivity index (χ1n) is 9.73. The van der Waals surface area contributed by atoms with Crippen molar-refractivity contribution in [2.45, 2.75) is 45.2 Å². The van der Waals surface area contributed by atoms with E-state index in [1.54, 1.807) is 0 Å². The van der Waals surface area contributed by atoms with Crippen LogP contribution in [0.2, 0.25) is 0 Å². The molecule has 5 nitrogen and oxygen atoms in total.